The highest BCUT2D eigenvalue weighted by atomic mass is 32.2. The summed E-state index contributed by atoms with van der Waals surface area (Å²) in [4.78, 5) is 5.45. The molecule has 1 fully saturated rings. The maximum Gasteiger partial charge on any atom is 0.586 e. The molecule has 8 nitrogen and oxygen atoms in total. The molecule has 0 atom stereocenters. The number of fused-ring (bicyclic) bond motifs is 9. The molecule has 0 saturated heterocycles. The van der Waals surface area contributed by atoms with E-state index in [4.69, 9.17) is 25.8 Å². The van der Waals surface area contributed by atoms with E-state index in [-0.39, 0.29) is 62.9 Å². The fourth-order valence-electron chi connectivity index (χ4n) is 12.1. The molecule has 3 heterocycles. The van der Waals surface area contributed by atoms with Crippen molar-refractivity contribution in [2.75, 3.05) is 11.9 Å². The lowest BCUT2D eigenvalue weighted by molar-refractivity contribution is -0.287. The van der Waals surface area contributed by atoms with Crippen LogP contribution in [0.2, 0.25) is 0 Å². The van der Waals surface area contributed by atoms with Crippen molar-refractivity contribution in [3.8, 4) is 58.0 Å². The summed E-state index contributed by atoms with van der Waals surface area (Å²) < 4.78 is 137. The van der Waals surface area contributed by atoms with Crippen LogP contribution >= 0.6 is 35.3 Å². The van der Waals surface area contributed by atoms with Gasteiger partial charge in [-0.05, 0) is 204 Å². The van der Waals surface area contributed by atoms with Gasteiger partial charge >= 0.3 is 12.4 Å². The van der Waals surface area contributed by atoms with Crippen LogP contribution in [0.1, 0.15) is 122 Å². The third-order valence-corrected chi connectivity index (χ3v) is 22.0. The van der Waals surface area contributed by atoms with E-state index in [1.807, 2.05) is 83.0 Å². The average Bonchev–Trinajstić information content (AvgIpc) is 1.64. The van der Waals surface area contributed by atoms with Gasteiger partial charge in [-0.2, -0.15) is 29.8 Å². The molecule has 6 aliphatic rings. The second-order valence-corrected chi connectivity index (χ2v) is 28.5. The van der Waals surface area contributed by atoms with Gasteiger partial charge in [0.2, 0.25) is 0 Å². The molecule has 20 heteroatoms. The lowest BCUT2D eigenvalue weighted by Crippen LogP contribution is -2.29. The lowest BCUT2D eigenvalue weighted by Gasteiger charge is -2.29. The number of ether oxygens (including phenoxy) is 3. The van der Waals surface area contributed by atoms with Crippen molar-refractivity contribution in [2.45, 2.75) is 155 Å². The maximum atomic E-state index is 14.0. The topological polar surface area (TPSA) is 126 Å². The van der Waals surface area contributed by atoms with Crippen molar-refractivity contribution < 1.29 is 53.7 Å². The largest absolute Gasteiger partial charge is 0.586 e. The smallest absolute Gasteiger partial charge is 0.395 e. The SMILES string of the molecule is Cc1cc2c(cc1F)-c1c(cc(C)c(F)c1F)C2.Cc1ccc(C(F)(F)OC2CCC(C)CC2)cc1.Cc1ccc(C)c2c1OC(F)(F)O2.Cc1ccc(C)c2c1SC(=C(C#N)C#N)N2C.Cc1ccc(C)c2c1SC(=C(C#N)C#N)S2.Cc1ccc2c(c1F)Cc1c-2ccc(C)c1F. The first kappa shape index (κ1) is 74.2. The average molecular weight is 1400 g/mol. The Morgan fingerprint density at radius 2 is 0.970 bits per heavy atom. The van der Waals surface area contributed by atoms with Gasteiger partial charge in [0.15, 0.2) is 28.7 Å². The number of rotatable bonds is 3. The summed E-state index contributed by atoms with van der Waals surface area (Å²) >= 11 is 4.57. The second kappa shape index (κ2) is 30.6. The molecular weight excluding hydrogens is 1330 g/mol. The van der Waals surface area contributed by atoms with E-state index in [1.54, 1.807) is 83.1 Å². The van der Waals surface area contributed by atoms with Gasteiger partial charge in [0.1, 0.15) is 52.3 Å². The molecule has 0 spiro atoms. The summed E-state index contributed by atoms with van der Waals surface area (Å²) in [5.74, 6) is -1.57. The van der Waals surface area contributed by atoms with Gasteiger partial charge in [0.25, 0.3) is 0 Å². The Bertz CT molecular complexity index is 4610. The molecule has 0 unspecified atom stereocenters. The number of allylic oxidation sites excluding steroid dienone is 2. The zero-order valence-corrected chi connectivity index (χ0v) is 59.2. The van der Waals surface area contributed by atoms with Crippen molar-refractivity contribution in [3.63, 3.8) is 0 Å². The molecule has 99 heavy (non-hydrogen) atoms. The monoisotopic (exact) mass is 1400 g/mol. The van der Waals surface area contributed by atoms with E-state index in [1.165, 1.54) is 86.9 Å². The van der Waals surface area contributed by atoms with Crippen LogP contribution in [0.5, 0.6) is 11.5 Å². The van der Waals surface area contributed by atoms with Crippen molar-refractivity contribution in [1.29, 1.82) is 21.0 Å². The molecule has 8 aromatic carbocycles. The maximum absolute atomic E-state index is 14.0. The molecule has 510 valence electrons. The molecule has 1 saturated carbocycles. The Morgan fingerprint density at radius 3 is 1.46 bits per heavy atom. The number of thioether (sulfide) groups is 3. The minimum absolute atomic E-state index is 0.0493. The first-order valence-electron chi connectivity index (χ1n) is 31.7. The summed E-state index contributed by atoms with van der Waals surface area (Å²) in [6.45, 7) is 22.3. The number of alkyl halides is 4. The van der Waals surface area contributed by atoms with Crippen LogP contribution in [0.25, 0.3) is 22.3 Å². The van der Waals surface area contributed by atoms with Crippen molar-refractivity contribution in [3.05, 3.63) is 242 Å². The normalized spacial score (nSPS) is 15.6. The fraction of sp³-hybridized carbons (Fsp3) is 0.291. The third-order valence-electron chi connectivity index (χ3n) is 17.8. The van der Waals surface area contributed by atoms with Crippen LogP contribution in [0.4, 0.5) is 45.2 Å². The van der Waals surface area contributed by atoms with Gasteiger partial charge in [-0.3, -0.25) is 0 Å². The third kappa shape index (κ3) is 16.0. The first-order chi connectivity index (χ1) is 46.8. The zero-order chi connectivity index (χ0) is 72.3. The summed E-state index contributed by atoms with van der Waals surface area (Å²) in [6.07, 6.45) is -2.65. The highest BCUT2D eigenvalue weighted by Crippen LogP contribution is 2.55. The van der Waals surface area contributed by atoms with E-state index in [0.717, 1.165) is 78.9 Å². The van der Waals surface area contributed by atoms with Gasteiger partial charge in [-0.15, -0.1) is 8.78 Å². The molecule has 0 aromatic heterocycles. The van der Waals surface area contributed by atoms with E-state index in [2.05, 4.69) is 40.7 Å². The van der Waals surface area contributed by atoms with Gasteiger partial charge in [0.05, 0.1) is 21.6 Å². The summed E-state index contributed by atoms with van der Waals surface area (Å²) in [5.41, 5.74) is 15.7. The van der Waals surface area contributed by atoms with Crippen molar-refractivity contribution >= 4 is 41.0 Å². The summed E-state index contributed by atoms with van der Waals surface area (Å²) in [7, 11) is 1.90. The number of anilines is 1. The van der Waals surface area contributed by atoms with Gasteiger partial charge in [-0.25, -0.2) is 22.0 Å². The Morgan fingerprint density at radius 1 is 0.505 bits per heavy atom. The molecule has 8 aromatic rings. The zero-order valence-electron chi connectivity index (χ0n) is 56.8. The molecule has 0 bridgehead atoms. The van der Waals surface area contributed by atoms with Crippen LogP contribution in [0.15, 0.2) is 138 Å². The summed E-state index contributed by atoms with van der Waals surface area (Å²) in [6, 6.07) is 37.7. The Labute approximate surface area is 584 Å². The minimum atomic E-state index is -3.51. The second-order valence-electron chi connectivity index (χ2n) is 25.2. The molecular formula is C79H70F9N5O3S3. The molecule has 0 radical (unpaired) electrons. The van der Waals surface area contributed by atoms with E-state index < -0.39 is 24.0 Å². The molecule has 0 amide bonds. The van der Waals surface area contributed by atoms with Gasteiger partial charge in [0, 0.05) is 44.8 Å². The molecule has 0 N–H and O–H groups in total. The van der Waals surface area contributed by atoms with Crippen molar-refractivity contribution in [2.24, 2.45) is 5.92 Å². The Kier molecular flexibility index (Phi) is 23.0. The lowest BCUT2D eigenvalue weighted by atomic mass is 9.89. The standard InChI is InChI=1S/C15H11F3.C15H20F2O.C15H12F2.C13H11N3S.C12H8N2S2.C9H8F2O2/c1-7-3-9-5-10-4-8(2)14(17)15(18)13(10)11(9)6-12(7)16;1-11-3-7-13(8-4-11)15(16,17)18-14-9-5-12(2)6-10-14;1-8-3-5-10-11-6-4-9(2)15(17)13(11)7-12(10)14(8)16;1-8-4-5-9(2)12-11(8)16(3)13(17-12)10(6-14)7-15;1-7-3-4-8(2)11-10(7)15-12(16-11)9(5-13)6-14;1-5-3-4-6(2)8-7(5)12-9(10,11)13-8/h3-4,6H,5H2,1-2H3;3-4,7-8,12,14H,5-6,9-10H2,1-2H3;3-6H,7H2,1-2H3;4-5H,1-3H3;3-4H,1-2H3;3-4H,1-2H3. The Hall–Kier alpha value is -9.02. The highest BCUT2D eigenvalue weighted by molar-refractivity contribution is 8.24. The number of benzene rings is 8. The highest BCUT2D eigenvalue weighted by Gasteiger charge is 2.45. The molecule has 14 rings (SSSR count). The number of hydrogen-bond donors (Lipinski definition) is 0. The van der Waals surface area contributed by atoms with Gasteiger partial charge < -0.3 is 19.1 Å². The van der Waals surface area contributed by atoms with E-state index in [9.17, 15) is 39.5 Å². The van der Waals surface area contributed by atoms with E-state index in [0.29, 0.717) is 63.3 Å². The van der Waals surface area contributed by atoms with Crippen molar-refractivity contribution in [1.82, 2.24) is 0 Å². The van der Waals surface area contributed by atoms with Crippen LogP contribution in [-0.2, 0) is 23.7 Å². The van der Waals surface area contributed by atoms with Crippen LogP contribution in [-0.4, -0.2) is 19.4 Å². The quantitative estimate of drug-likeness (QED) is 0.124. The minimum Gasteiger partial charge on any atom is -0.395 e. The fourth-order valence-corrected chi connectivity index (χ4v) is 16.0. The van der Waals surface area contributed by atoms with Gasteiger partial charge in [-0.1, -0.05) is 145 Å². The predicted molar refractivity (Wildman–Crippen MR) is 372 cm³/mol. The van der Waals surface area contributed by atoms with Crippen LogP contribution < -0.4 is 14.4 Å². The first-order valence-corrected chi connectivity index (χ1v) is 34.2. The Balaban J connectivity index is 0.000000139. The number of nitrogens with zero attached hydrogens (tertiary/aromatic N) is 5. The molecule has 3 aliphatic heterocycles. The van der Waals surface area contributed by atoms with Crippen LogP contribution in [0, 0.1) is 156 Å². The number of nitriles is 4. The van der Waals surface area contributed by atoms with Crippen LogP contribution in [0.3, 0.4) is 0 Å². The predicted octanol–water partition coefficient (Wildman–Crippen LogP) is 22.6. The van der Waals surface area contributed by atoms with E-state index >= 15 is 0 Å². The number of halogens is 9. The number of hydrogen-bond acceptors (Lipinski definition) is 11. The molecule has 3 aliphatic carbocycles. The summed E-state index contributed by atoms with van der Waals surface area (Å²) in [5, 5.41) is 36.3. The number of aryl methyl sites for hydroxylation is 11.